The molecule has 2 aromatic carbocycles. The highest BCUT2D eigenvalue weighted by molar-refractivity contribution is 7.18. The van der Waals surface area contributed by atoms with Crippen molar-refractivity contribution in [3.8, 4) is 0 Å². The average Bonchev–Trinajstić information content (AvgIpc) is 3.07. The Morgan fingerprint density at radius 3 is 2.60 bits per heavy atom. The molecule has 3 aromatic rings. The number of amides is 2. The highest BCUT2D eigenvalue weighted by Gasteiger charge is 2.21. The van der Waals surface area contributed by atoms with Gasteiger partial charge in [-0.15, -0.1) is 17.9 Å². The molecule has 0 bridgehead atoms. The van der Waals surface area contributed by atoms with Crippen molar-refractivity contribution in [1.29, 1.82) is 0 Å². The van der Waals surface area contributed by atoms with E-state index in [4.69, 9.17) is 11.6 Å². The summed E-state index contributed by atoms with van der Waals surface area (Å²) in [7, 11) is 0. The van der Waals surface area contributed by atoms with Crippen LogP contribution in [-0.4, -0.2) is 23.3 Å². The molecule has 0 aliphatic carbocycles. The molecule has 0 aliphatic rings. The second kappa shape index (κ2) is 9.69. The van der Waals surface area contributed by atoms with Crippen LogP contribution < -0.4 is 5.32 Å². The fourth-order valence-corrected chi connectivity index (χ4v) is 4.22. The molecule has 0 saturated carbocycles. The van der Waals surface area contributed by atoms with E-state index in [9.17, 15) is 14.0 Å². The van der Waals surface area contributed by atoms with Gasteiger partial charge in [0, 0.05) is 13.1 Å². The molecule has 0 radical (unpaired) electrons. The maximum Gasteiger partial charge on any atom is 0.264 e. The number of aryl methyl sites for hydroxylation is 1. The summed E-state index contributed by atoms with van der Waals surface area (Å²) in [6.45, 7) is 6.42. The third kappa shape index (κ3) is 5.14. The number of thiophene rings is 1. The van der Waals surface area contributed by atoms with Gasteiger partial charge in [-0.2, -0.15) is 0 Å². The van der Waals surface area contributed by atoms with Crippen molar-refractivity contribution < 1.29 is 14.0 Å². The van der Waals surface area contributed by atoms with E-state index in [0.29, 0.717) is 23.0 Å². The molecule has 2 amide bonds. The zero-order valence-corrected chi connectivity index (χ0v) is 17.9. The van der Waals surface area contributed by atoms with Crippen LogP contribution in [0, 0.1) is 12.7 Å². The lowest BCUT2D eigenvalue weighted by atomic mass is 10.2. The standard InChI is InChI=1S/C23H20ClFN2O2S/c1-3-11-27(14-16-7-5-4-6-8-16)23(29)21-15(2)12-20(30-21)26-22(28)18-10-9-17(25)13-19(18)24/h3-10,12-13H,1,11,14H2,2H3,(H,26,28). The van der Waals surface area contributed by atoms with E-state index in [2.05, 4.69) is 11.9 Å². The van der Waals surface area contributed by atoms with E-state index in [0.717, 1.165) is 17.2 Å². The van der Waals surface area contributed by atoms with E-state index < -0.39 is 11.7 Å². The third-order valence-corrected chi connectivity index (χ3v) is 5.83. The largest absolute Gasteiger partial charge is 0.330 e. The molecule has 0 aliphatic heterocycles. The molecule has 1 N–H and O–H groups in total. The van der Waals surface area contributed by atoms with Gasteiger partial charge in [0.2, 0.25) is 0 Å². The first-order valence-electron chi connectivity index (χ1n) is 9.20. The van der Waals surface area contributed by atoms with Crippen LogP contribution in [0.25, 0.3) is 0 Å². The Balaban J connectivity index is 1.78. The maximum atomic E-state index is 13.2. The normalized spacial score (nSPS) is 10.5. The van der Waals surface area contributed by atoms with E-state index in [1.807, 2.05) is 37.3 Å². The van der Waals surface area contributed by atoms with Crippen LogP contribution in [0.4, 0.5) is 9.39 Å². The SMILES string of the molecule is C=CCN(Cc1ccccc1)C(=O)c1sc(NC(=O)c2ccc(F)cc2Cl)cc1C. The molecular weight excluding hydrogens is 423 g/mol. The van der Waals surface area contributed by atoms with Gasteiger partial charge in [0.05, 0.1) is 20.5 Å². The number of carbonyl (C=O) groups is 2. The van der Waals surface area contributed by atoms with Crippen LogP contribution in [0.15, 0.2) is 67.3 Å². The van der Waals surface area contributed by atoms with Gasteiger partial charge in [0.25, 0.3) is 11.8 Å². The number of benzene rings is 2. The lowest BCUT2D eigenvalue weighted by Gasteiger charge is -2.21. The minimum Gasteiger partial charge on any atom is -0.330 e. The number of rotatable bonds is 7. The van der Waals surface area contributed by atoms with Crippen LogP contribution in [0.2, 0.25) is 5.02 Å². The Morgan fingerprint density at radius 1 is 1.20 bits per heavy atom. The maximum absolute atomic E-state index is 13.2. The number of anilines is 1. The number of nitrogens with one attached hydrogen (secondary N) is 1. The van der Waals surface area contributed by atoms with Gasteiger partial charge >= 0.3 is 0 Å². The average molecular weight is 443 g/mol. The molecule has 3 rings (SSSR count). The van der Waals surface area contributed by atoms with Crippen molar-refractivity contribution in [3.63, 3.8) is 0 Å². The Bertz CT molecular complexity index is 1080. The summed E-state index contributed by atoms with van der Waals surface area (Å²) in [6, 6.07) is 15.0. The van der Waals surface area contributed by atoms with Gasteiger partial charge < -0.3 is 10.2 Å². The first-order chi connectivity index (χ1) is 14.4. The summed E-state index contributed by atoms with van der Waals surface area (Å²) < 4.78 is 13.2. The van der Waals surface area contributed by atoms with E-state index >= 15 is 0 Å². The van der Waals surface area contributed by atoms with Crippen LogP contribution in [0.1, 0.15) is 31.2 Å². The lowest BCUT2D eigenvalue weighted by molar-refractivity contribution is 0.0766. The molecule has 4 nitrogen and oxygen atoms in total. The molecular formula is C23H20ClFN2O2S. The van der Waals surface area contributed by atoms with Crippen LogP contribution in [-0.2, 0) is 6.54 Å². The summed E-state index contributed by atoms with van der Waals surface area (Å²) in [5.41, 5.74) is 1.93. The van der Waals surface area contributed by atoms with Crippen molar-refractivity contribution in [3.05, 3.63) is 99.7 Å². The monoisotopic (exact) mass is 442 g/mol. The molecule has 0 fully saturated rings. The van der Waals surface area contributed by atoms with Crippen LogP contribution in [0.3, 0.4) is 0 Å². The Morgan fingerprint density at radius 2 is 1.93 bits per heavy atom. The number of carbonyl (C=O) groups excluding carboxylic acids is 2. The molecule has 1 heterocycles. The summed E-state index contributed by atoms with van der Waals surface area (Å²) in [4.78, 5) is 27.9. The van der Waals surface area contributed by atoms with Gasteiger partial charge in [-0.3, -0.25) is 9.59 Å². The zero-order valence-electron chi connectivity index (χ0n) is 16.3. The molecule has 7 heteroatoms. The Hall–Kier alpha value is -2.96. The van der Waals surface area contributed by atoms with Gasteiger partial charge in [0.1, 0.15) is 5.82 Å². The molecule has 0 atom stereocenters. The summed E-state index contributed by atoms with van der Waals surface area (Å²) in [5, 5.41) is 3.28. The summed E-state index contributed by atoms with van der Waals surface area (Å²) in [5.74, 6) is -1.12. The number of hydrogen-bond acceptors (Lipinski definition) is 3. The first-order valence-corrected chi connectivity index (χ1v) is 10.4. The summed E-state index contributed by atoms with van der Waals surface area (Å²) in [6.07, 6.45) is 1.68. The van der Waals surface area contributed by atoms with Gasteiger partial charge in [-0.25, -0.2) is 4.39 Å². The summed E-state index contributed by atoms with van der Waals surface area (Å²) >= 11 is 7.15. The van der Waals surface area contributed by atoms with Crippen molar-refractivity contribution in [2.45, 2.75) is 13.5 Å². The smallest absolute Gasteiger partial charge is 0.264 e. The highest BCUT2D eigenvalue weighted by atomic mass is 35.5. The molecule has 154 valence electrons. The zero-order chi connectivity index (χ0) is 21.7. The van der Waals surface area contributed by atoms with E-state index in [1.165, 1.54) is 23.5 Å². The number of hydrogen-bond donors (Lipinski definition) is 1. The number of halogens is 2. The minimum atomic E-state index is -0.517. The van der Waals surface area contributed by atoms with E-state index in [1.54, 1.807) is 17.0 Å². The predicted molar refractivity (Wildman–Crippen MR) is 120 cm³/mol. The highest BCUT2D eigenvalue weighted by Crippen LogP contribution is 2.29. The minimum absolute atomic E-state index is 0.0251. The van der Waals surface area contributed by atoms with Crippen molar-refractivity contribution in [1.82, 2.24) is 4.90 Å². The van der Waals surface area contributed by atoms with Crippen molar-refractivity contribution >= 4 is 39.8 Å². The predicted octanol–water partition coefficient (Wildman–Crippen LogP) is 5.93. The third-order valence-electron chi connectivity index (χ3n) is 4.38. The van der Waals surface area contributed by atoms with E-state index in [-0.39, 0.29) is 16.5 Å². The van der Waals surface area contributed by atoms with Crippen molar-refractivity contribution in [2.24, 2.45) is 0 Å². The second-order valence-corrected chi connectivity index (χ2v) is 8.12. The van der Waals surface area contributed by atoms with Gasteiger partial charge in [0.15, 0.2) is 0 Å². The molecule has 30 heavy (non-hydrogen) atoms. The molecule has 0 unspecified atom stereocenters. The number of nitrogens with zero attached hydrogens (tertiary/aromatic N) is 1. The quantitative estimate of drug-likeness (QED) is 0.461. The Kier molecular flexibility index (Phi) is 7.03. The lowest BCUT2D eigenvalue weighted by Crippen LogP contribution is -2.30. The fraction of sp³-hybridized carbons (Fsp3) is 0.130. The molecule has 1 aromatic heterocycles. The molecule has 0 spiro atoms. The van der Waals surface area contributed by atoms with Crippen molar-refractivity contribution in [2.75, 3.05) is 11.9 Å². The van der Waals surface area contributed by atoms with Crippen LogP contribution in [0.5, 0.6) is 0 Å². The Labute approximate surface area is 183 Å². The topological polar surface area (TPSA) is 49.4 Å². The van der Waals surface area contributed by atoms with Gasteiger partial charge in [-0.05, 0) is 42.3 Å². The first kappa shape index (κ1) is 21.7. The molecule has 0 saturated heterocycles. The second-order valence-electron chi connectivity index (χ2n) is 6.66. The fourth-order valence-electron chi connectivity index (χ4n) is 2.93. The van der Waals surface area contributed by atoms with Crippen LogP contribution >= 0.6 is 22.9 Å². The van der Waals surface area contributed by atoms with Gasteiger partial charge in [-0.1, -0.05) is 48.0 Å².